The topological polar surface area (TPSA) is 115 Å². The molecule has 2 N–H and O–H groups in total. The first-order valence-electron chi connectivity index (χ1n) is 16.1. The molecule has 1 atom stereocenters. The van der Waals surface area contributed by atoms with Crippen molar-refractivity contribution >= 4 is 40.8 Å². The number of ether oxygens (including phenoxy) is 2. The molecule has 2 amide bonds. The van der Waals surface area contributed by atoms with Crippen molar-refractivity contribution in [3.63, 3.8) is 0 Å². The number of likely N-dealkylation sites (N-methyl/N-ethyl adjacent to an activating group) is 1. The molecule has 46 heavy (non-hydrogen) atoms. The van der Waals surface area contributed by atoms with Crippen LogP contribution in [0.3, 0.4) is 0 Å². The number of aromatic nitrogens is 2. The summed E-state index contributed by atoms with van der Waals surface area (Å²) in [6.45, 7) is 11.6. The molecule has 0 saturated carbocycles. The van der Waals surface area contributed by atoms with Gasteiger partial charge in [0.2, 0.25) is 11.9 Å². The summed E-state index contributed by atoms with van der Waals surface area (Å²) in [6, 6.07) is 15.6. The highest BCUT2D eigenvalue weighted by Crippen LogP contribution is 2.37. The minimum Gasteiger partial charge on any atom is -0.494 e. The highest BCUT2D eigenvalue weighted by Gasteiger charge is 2.38. The van der Waals surface area contributed by atoms with Crippen molar-refractivity contribution < 1.29 is 19.1 Å². The summed E-state index contributed by atoms with van der Waals surface area (Å²) in [5.74, 6) is 1.94. The van der Waals surface area contributed by atoms with Gasteiger partial charge in [-0.15, -0.1) is 0 Å². The van der Waals surface area contributed by atoms with E-state index in [-0.39, 0.29) is 30.7 Å². The fourth-order valence-corrected chi connectivity index (χ4v) is 6.04. The molecule has 0 unspecified atom stereocenters. The standard InChI is InChI=1S/C34H46N8O4/c1-6-28-32(43)39(4)29-22-36-33(38-31(29)42(28)24(2)3)37-27-14-13-26(21-30(27)45-5)41-19-17-40(18-20-41)16-10-15-35-34(44)46-23-25-11-8-7-9-12-25/h7-9,11-14,21-22,24,28H,6,10,15-20,23H2,1-5H3,(H,35,44)(H,36,37,38)/t28-/m1/s1. The van der Waals surface area contributed by atoms with Gasteiger partial charge >= 0.3 is 6.09 Å². The Bertz CT molecular complexity index is 1480. The van der Waals surface area contributed by atoms with Crippen LogP contribution in [0.25, 0.3) is 0 Å². The number of hydrogen-bond donors (Lipinski definition) is 2. The van der Waals surface area contributed by atoms with Gasteiger partial charge < -0.3 is 34.8 Å². The van der Waals surface area contributed by atoms with Crippen molar-refractivity contribution in [2.45, 2.75) is 52.3 Å². The quantitative estimate of drug-likeness (QED) is 0.275. The summed E-state index contributed by atoms with van der Waals surface area (Å²) >= 11 is 0. The van der Waals surface area contributed by atoms with Crippen LogP contribution in [0.5, 0.6) is 5.75 Å². The zero-order valence-corrected chi connectivity index (χ0v) is 27.5. The van der Waals surface area contributed by atoms with Gasteiger partial charge in [0, 0.05) is 57.6 Å². The second-order valence-corrected chi connectivity index (χ2v) is 11.9. The summed E-state index contributed by atoms with van der Waals surface area (Å²) in [5, 5.41) is 6.19. The van der Waals surface area contributed by atoms with E-state index < -0.39 is 0 Å². The first-order valence-corrected chi connectivity index (χ1v) is 16.1. The molecule has 12 heteroatoms. The zero-order valence-electron chi connectivity index (χ0n) is 27.5. The number of carbonyl (C=O) groups excluding carboxylic acids is 2. The lowest BCUT2D eigenvalue weighted by molar-refractivity contribution is -0.120. The smallest absolute Gasteiger partial charge is 0.407 e. The summed E-state index contributed by atoms with van der Waals surface area (Å²) in [5.41, 5.74) is 3.53. The number of piperazine rings is 1. The Morgan fingerprint density at radius 3 is 2.54 bits per heavy atom. The molecule has 5 rings (SSSR count). The predicted octanol–water partition coefficient (Wildman–Crippen LogP) is 4.64. The normalized spacial score (nSPS) is 16.8. The molecule has 0 aliphatic carbocycles. The second kappa shape index (κ2) is 15.1. The van der Waals surface area contributed by atoms with Crippen LogP contribution >= 0.6 is 0 Å². The number of nitrogens with one attached hydrogen (secondary N) is 2. The molecule has 0 radical (unpaired) electrons. The lowest BCUT2D eigenvalue weighted by Crippen LogP contribution is -2.54. The number of amides is 2. The molecule has 3 heterocycles. The van der Waals surface area contributed by atoms with Gasteiger partial charge in [-0.1, -0.05) is 37.3 Å². The second-order valence-electron chi connectivity index (χ2n) is 11.9. The van der Waals surface area contributed by atoms with Crippen LogP contribution in [0, 0.1) is 0 Å². The highest BCUT2D eigenvalue weighted by molar-refractivity contribution is 6.04. The Labute approximate surface area is 271 Å². The van der Waals surface area contributed by atoms with Crippen molar-refractivity contribution in [3.8, 4) is 5.75 Å². The number of alkyl carbamates (subject to hydrolysis) is 1. The lowest BCUT2D eigenvalue weighted by Gasteiger charge is -2.42. The van der Waals surface area contributed by atoms with E-state index in [4.69, 9.17) is 14.5 Å². The van der Waals surface area contributed by atoms with Crippen LogP contribution in [0.1, 0.15) is 39.2 Å². The average molecular weight is 631 g/mol. The number of methoxy groups -OCH3 is 1. The SMILES string of the molecule is CC[C@@H]1C(=O)N(C)c2cnc(Nc3ccc(N4CCN(CCCNC(=O)OCc5ccccc5)CC4)cc3OC)nc2N1C(C)C. The molecule has 2 aliphatic heterocycles. The fourth-order valence-electron chi connectivity index (χ4n) is 6.04. The number of fused-ring (bicyclic) bond motifs is 1. The first-order chi connectivity index (χ1) is 22.3. The van der Waals surface area contributed by atoms with E-state index in [0.29, 0.717) is 30.4 Å². The Morgan fingerprint density at radius 2 is 1.85 bits per heavy atom. The van der Waals surface area contributed by atoms with Crippen molar-refractivity contribution in [1.29, 1.82) is 0 Å². The molecule has 0 bridgehead atoms. The molecule has 1 fully saturated rings. The van der Waals surface area contributed by atoms with Gasteiger partial charge in [0.05, 0.1) is 19.0 Å². The maximum absolute atomic E-state index is 13.0. The van der Waals surface area contributed by atoms with Gasteiger partial charge in [0.25, 0.3) is 0 Å². The van der Waals surface area contributed by atoms with E-state index in [2.05, 4.69) is 50.2 Å². The predicted molar refractivity (Wildman–Crippen MR) is 181 cm³/mol. The maximum atomic E-state index is 13.0. The highest BCUT2D eigenvalue weighted by atomic mass is 16.5. The van der Waals surface area contributed by atoms with E-state index in [9.17, 15) is 9.59 Å². The van der Waals surface area contributed by atoms with Gasteiger partial charge in [-0.25, -0.2) is 9.78 Å². The fraction of sp³-hybridized carbons (Fsp3) is 0.471. The van der Waals surface area contributed by atoms with Crippen molar-refractivity contribution in [3.05, 3.63) is 60.3 Å². The zero-order chi connectivity index (χ0) is 32.6. The van der Waals surface area contributed by atoms with Crippen LogP contribution < -0.4 is 30.1 Å². The average Bonchev–Trinajstić information content (AvgIpc) is 3.08. The van der Waals surface area contributed by atoms with E-state index in [0.717, 1.165) is 61.9 Å². The number of anilines is 5. The molecule has 12 nitrogen and oxygen atoms in total. The van der Waals surface area contributed by atoms with Gasteiger partial charge in [-0.3, -0.25) is 9.69 Å². The number of carbonyl (C=O) groups is 2. The van der Waals surface area contributed by atoms with Crippen molar-refractivity contribution in [1.82, 2.24) is 20.2 Å². The summed E-state index contributed by atoms with van der Waals surface area (Å²) in [6.07, 6.45) is 2.88. The Morgan fingerprint density at radius 1 is 1.09 bits per heavy atom. The largest absolute Gasteiger partial charge is 0.494 e. The first kappa shape index (κ1) is 32.8. The van der Waals surface area contributed by atoms with Crippen molar-refractivity contribution in [2.24, 2.45) is 0 Å². The maximum Gasteiger partial charge on any atom is 0.407 e. The van der Waals surface area contributed by atoms with Crippen LogP contribution in [0.4, 0.5) is 33.6 Å². The molecule has 1 aromatic heterocycles. The van der Waals surface area contributed by atoms with E-state index in [1.54, 1.807) is 25.3 Å². The van der Waals surface area contributed by atoms with Crippen LogP contribution in [-0.2, 0) is 16.1 Å². The number of benzene rings is 2. The van der Waals surface area contributed by atoms with E-state index >= 15 is 0 Å². The molecular formula is C34H46N8O4. The Kier molecular flexibility index (Phi) is 10.8. The van der Waals surface area contributed by atoms with Gasteiger partial charge in [-0.2, -0.15) is 4.98 Å². The third-order valence-corrected chi connectivity index (χ3v) is 8.55. The molecule has 0 spiro atoms. The van der Waals surface area contributed by atoms with Gasteiger partial charge in [0.15, 0.2) is 5.82 Å². The Hall–Kier alpha value is -4.58. The summed E-state index contributed by atoms with van der Waals surface area (Å²) in [4.78, 5) is 42.9. The number of hydrogen-bond acceptors (Lipinski definition) is 10. The molecule has 246 valence electrons. The van der Waals surface area contributed by atoms with E-state index in [1.165, 1.54) is 0 Å². The van der Waals surface area contributed by atoms with Gasteiger partial charge in [0.1, 0.15) is 24.1 Å². The third-order valence-electron chi connectivity index (χ3n) is 8.55. The molecule has 2 aliphatic rings. The number of nitrogens with zero attached hydrogens (tertiary/aromatic N) is 6. The van der Waals surface area contributed by atoms with Crippen molar-refractivity contribution in [2.75, 3.05) is 73.4 Å². The molecule has 1 saturated heterocycles. The minimum absolute atomic E-state index is 0.0554. The van der Waals surface area contributed by atoms with Crippen LogP contribution in [0.2, 0.25) is 0 Å². The lowest BCUT2D eigenvalue weighted by atomic mass is 10.1. The van der Waals surface area contributed by atoms with E-state index in [1.807, 2.05) is 49.4 Å². The summed E-state index contributed by atoms with van der Waals surface area (Å²) < 4.78 is 11.1. The monoisotopic (exact) mass is 630 g/mol. The summed E-state index contributed by atoms with van der Waals surface area (Å²) in [7, 11) is 3.44. The van der Waals surface area contributed by atoms with Crippen LogP contribution in [0.15, 0.2) is 54.7 Å². The molecule has 2 aromatic carbocycles. The molecular weight excluding hydrogens is 584 g/mol. The van der Waals surface area contributed by atoms with Gasteiger partial charge in [-0.05, 0) is 50.9 Å². The number of rotatable bonds is 12. The van der Waals surface area contributed by atoms with Crippen LogP contribution in [-0.4, -0.2) is 92.4 Å². The minimum atomic E-state index is -0.384. The Balaban J connectivity index is 1.13. The molecule has 3 aromatic rings. The third kappa shape index (κ3) is 7.61.